The molecule has 1 saturated heterocycles. The summed E-state index contributed by atoms with van der Waals surface area (Å²) in [5.74, 6) is 0.293. The van der Waals surface area contributed by atoms with Crippen molar-refractivity contribution in [2.75, 3.05) is 13.1 Å². The Balaban J connectivity index is 2.23. The Morgan fingerprint density at radius 3 is 2.83 bits per heavy atom. The summed E-state index contributed by atoms with van der Waals surface area (Å²) in [6.07, 6.45) is 0.291. The van der Waals surface area contributed by atoms with Gasteiger partial charge >= 0.3 is 0 Å². The van der Waals surface area contributed by atoms with Crippen LogP contribution in [0, 0.1) is 0 Å². The molecule has 0 aromatic carbocycles. The van der Waals surface area contributed by atoms with E-state index in [-0.39, 0.29) is 12.0 Å². The van der Waals surface area contributed by atoms with E-state index in [4.69, 9.17) is 0 Å². The van der Waals surface area contributed by atoms with E-state index >= 15 is 0 Å². The van der Waals surface area contributed by atoms with E-state index in [0.29, 0.717) is 37.7 Å². The predicted octanol–water partition coefficient (Wildman–Crippen LogP) is 1.23. The van der Waals surface area contributed by atoms with E-state index in [9.17, 15) is 9.90 Å². The van der Waals surface area contributed by atoms with E-state index in [1.807, 2.05) is 13.0 Å². The van der Waals surface area contributed by atoms with Gasteiger partial charge in [-0.05, 0) is 25.3 Å². The van der Waals surface area contributed by atoms with Crippen LogP contribution in [0.3, 0.4) is 0 Å². The summed E-state index contributed by atoms with van der Waals surface area (Å²) in [4.78, 5) is 14.1. The highest BCUT2D eigenvalue weighted by molar-refractivity contribution is 5.93. The fourth-order valence-electron chi connectivity index (χ4n) is 2.22. The molecule has 1 aliphatic heterocycles. The van der Waals surface area contributed by atoms with Gasteiger partial charge in [-0.15, -0.1) is 0 Å². The van der Waals surface area contributed by atoms with Crippen molar-refractivity contribution in [2.24, 2.45) is 0 Å². The molecule has 0 radical (unpaired) electrons. The maximum atomic E-state index is 12.4. The molecule has 0 saturated carbocycles. The first-order valence-electron chi connectivity index (χ1n) is 6.58. The number of aliphatic hydroxyl groups excluding tert-OH is 1. The highest BCUT2D eigenvalue weighted by Gasteiger charge is 2.28. The average molecular weight is 251 g/mol. The van der Waals surface area contributed by atoms with Gasteiger partial charge < -0.3 is 10.0 Å². The number of carbonyl (C=O) groups is 1. The second-order valence-corrected chi connectivity index (χ2v) is 5.12. The van der Waals surface area contributed by atoms with Crippen molar-refractivity contribution in [1.29, 1.82) is 0 Å². The lowest BCUT2D eigenvalue weighted by molar-refractivity contribution is 0.0753. The monoisotopic (exact) mass is 251 g/mol. The van der Waals surface area contributed by atoms with Crippen molar-refractivity contribution >= 4 is 5.91 Å². The summed E-state index contributed by atoms with van der Waals surface area (Å²) in [7, 11) is 0. The maximum absolute atomic E-state index is 12.4. The molecule has 1 atom stereocenters. The maximum Gasteiger partial charge on any atom is 0.272 e. The van der Waals surface area contributed by atoms with Crippen LogP contribution in [-0.2, 0) is 6.54 Å². The summed E-state index contributed by atoms with van der Waals surface area (Å²) in [5.41, 5.74) is 1.58. The van der Waals surface area contributed by atoms with Crippen LogP contribution < -0.4 is 0 Å². The van der Waals surface area contributed by atoms with Crippen molar-refractivity contribution in [3.63, 3.8) is 0 Å². The lowest BCUT2D eigenvalue weighted by atomic mass is 10.1. The SMILES string of the molecule is CCn1nc(C(C)C)cc1C(=O)N1CC[C@H](O)C1. The molecule has 100 valence electrons. The zero-order chi connectivity index (χ0) is 13.3. The third-order valence-corrected chi connectivity index (χ3v) is 3.36. The number of β-amino-alcohol motifs (C(OH)–C–C–N with tert-alkyl or cyclic N) is 1. The fraction of sp³-hybridized carbons (Fsp3) is 0.692. The number of aliphatic hydroxyl groups is 1. The number of aryl methyl sites for hydroxylation is 1. The molecule has 2 rings (SSSR count). The number of hydrogen-bond acceptors (Lipinski definition) is 3. The van der Waals surface area contributed by atoms with Gasteiger partial charge in [-0.2, -0.15) is 5.10 Å². The van der Waals surface area contributed by atoms with Crippen LogP contribution >= 0.6 is 0 Å². The van der Waals surface area contributed by atoms with Crippen molar-refractivity contribution in [3.05, 3.63) is 17.5 Å². The molecule has 0 unspecified atom stereocenters. The van der Waals surface area contributed by atoms with Crippen LogP contribution in [0.2, 0.25) is 0 Å². The molecular weight excluding hydrogens is 230 g/mol. The van der Waals surface area contributed by atoms with Gasteiger partial charge in [0.25, 0.3) is 5.91 Å². The van der Waals surface area contributed by atoms with Crippen LogP contribution in [0.5, 0.6) is 0 Å². The number of rotatable bonds is 3. The summed E-state index contributed by atoms with van der Waals surface area (Å²) >= 11 is 0. The van der Waals surface area contributed by atoms with Crippen molar-refractivity contribution in [1.82, 2.24) is 14.7 Å². The Hall–Kier alpha value is -1.36. The van der Waals surface area contributed by atoms with Crippen molar-refractivity contribution in [2.45, 2.75) is 45.8 Å². The molecule has 0 spiro atoms. The Kier molecular flexibility index (Phi) is 3.71. The molecular formula is C13H21N3O2. The smallest absolute Gasteiger partial charge is 0.272 e. The molecule has 2 heterocycles. The summed E-state index contributed by atoms with van der Waals surface area (Å²) in [6, 6.07) is 1.88. The highest BCUT2D eigenvalue weighted by Crippen LogP contribution is 2.18. The minimum atomic E-state index is -0.378. The first-order chi connectivity index (χ1) is 8.52. The number of carbonyl (C=O) groups excluding carboxylic acids is 1. The van der Waals surface area contributed by atoms with Crippen LogP contribution in [0.15, 0.2) is 6.07 Å². The third-order valence-electron chi connectivity index (χ3n) is 3.36. The molecule has 1 aliphatic rings. The van der Waals surface area contributed by atoms with Crippen LogP contribution in [0.1, 0.15) is 49.3 Å². The molecule has 18 heavy (non-hydrogen) atoms. The number of amides is 1. The van der Waals surface area contributed by atoms with Gasteiger partial charge in [0, 0.05) is 19.6 Å². The topological polar surface area (TPSA) is 58.4 Å². The van der Waals surface area contributed by atoms with E-state index in [0.717, 1.165) is 5.69 Å². The molecule has 1 aromatic heterocycles. The van der Waals surface area contributed by atoms with Crippen LogP contribution in [0.25, 0.3) is 0 Å². The minimum absolute atomic E-state index is 0.0206. The Bertz CT molecular complexity index is 439. The third kappa shape index (κ3) is 2.41. The Labute approximate surface area is 107 Å². The number of likely N-dealkylation sites (tertiary alicyclic amines) is 1. The largest absolute Gasteiger partial charge is 0.391 e. The van der Waals surface area contributed by atoms with Crippen molar-refractivity contribution in [3.8, 4) is 0 Å². The molecule has 1 fully saturated rings. The predicted molar refractivity (Wildman–Crippen MR) is 68.5 cm³/mol. The fourth-order valence-corrected chi connectivity index (χ4v) is 2.22. The van der Waals surface area contributed by atoms with Crippen molar-refractivity contribution < 1.29 is 9.90 Å². The molecule has 1 aromatic rings. The highest BCUT2D eigenvalue weighted by atomic mass is 16.3. The second kappa shape index (κ2) is 5.10. The zero-order valence-electron chi connectivity index (χ0n) is 11.3. The van der Waals surface area contributed by atoms with Gasteiger partial charge in [-0.25, -0.2) is 0 Å². The van der Waals surface area contributed by atoms with E-state index in [1.165, 1.54) is 0 Å². The summed E-state index contributed by atoms with van der Waals surface area (Å²) in [6.45, 7) is 7.86. The zero-order valence-corrected chi connectivity index (χ0v) is 11.3. The minimum Gasteiger partial charge on any atom is -0.391 e. The van der Waals surface area contributed by atoms with Gasteiger partial charge in [-0.3, -0.25) is 9.48 Å². The van der Waals surface area contributed by atoms with Gasteiger partial charge in [0.1, 0.15) is 5.69 Å². The molecule has 0 aliphatic carbocycles. The van der Waals surface area contributed by atoms with Gasteiger partial charge in [0.15, 0.2) is 0 Å². The van der Waals surface area contributed by atoms with Crippen LogP contribution in [0.4, 0.5) is 0 Å². The molecule has 1 N–H and O–H groups in total. The van der Waals surface area contributed by atoms with E-state index in [1.54, 1.807) is 9.58 Å². The molecule has 5 nitrogen and oxygen atoms in total. The van der Waals surface area contributed by atoms with Gasteiger partial charge in [-0.1, -0.05) is 13.8 Å². The number of aromatic nitrogens is 2. The van der Waals surface area contributed by atoms with Gasteiger partial charge in [0.2, 0.25) is 0 Å². The van der Waals surface area contributed by atoms with E-state index < -0.39 is 0 Å². The van der Waals surface area contributed by atoms with Crippen LogP contribution in [-0.4, -0.2) is 44.9 Å². The average Bonchev–Trinajstić information content (AvgIpc) is 2.93. The van der Waals surface area contributed by atoms with Gasteiger partial charge in [0.05, 0.1) is 11.8 Å². The molecule has 1 amide bonds. The first-order valence-corrected chi connectivity index (χ1v) is 6.58. The quantitative estimate of drug-likeness (QED) is 0.879. The second-order valence-electron chi connectivity index (χ2n) is 5.12. The Morgan fingerprint density at radius 2 is 2.33 bits per heavy atom. The normalized spacial score (nSPS) is 19.8. The number of nitrogens with zero attached hydrogens (tertiary/aromatic N) is 3. The Morgan fingerprint density at radius 1 is 1.61 bits per heavy atom. The lowest BCUT2D eigenvalue weighted by Crippen LogP contribution is -2.31. The number of hydrogen-bond donors (Lipinski definition) is 1. The lowest BCUT2D eigenvalue weighted by Gasteiger charge is -2.15. The first kappa shape index (κ1) is 13.1. The molecule has 0 bridgehead atoms. The summed E-state index contributed by atoms with van der Waals surface area (Å²) < 4.78 is 1.75. The molecule has 5 heteroatoms. The van der Waals surface area contributed by atoms with E-state index in [2.05, 4.69) is 18.9 Å². The summed E-state index contributed by atoms with van der Waals surface area (Å²) in [5, 5.41) is 13.9. The standard InChI is InChI=1S/C13H21N3O2/c1-4-16-12(7-11(14-16)9(2)3)13(18)15-6-5-10(17)8-15/h7,9-10,17H,4-6,8H2,1-3H3/t10-/m0/s1.